The van der Waals surface area contributed by atoms with Crippen molar-refractivity contribution in [2.45, 2.75) is 26.5 Å². The molecular formula is C18H20ClNO2. The van der Waals surface area contributed by atoms with Crippen molar-refractivity contribution in [3.05, 3.63) is 64.7 Å². The molecule has 0 aromatic heterocycles. The van der Waals surface area contributed by atoms with Crippen molar-refractivity contribution >= 4 is 17.5 Å². The average molecular weight is 318 g/mol. The maximum absolute atomic E-state index is 12.4. The molecule has 4 heteroatoms. The number of hydrogen-bond donors (Lipinski definition) is 0. The van der Waals surface area contributed by atoms with E-state index in [2.05, 4.69) is 0 Å². The number of benzene rings is 2. The van der Waals surface area contributed by atoms with E-state index in [1.54, 1.807) is 18.9 Å². The van der Waals surface area contributed by atoms with E-state index < -0.39 is 6.10 Å². The molecule has 0 saturated carbocycles. The van der Waals surface area contributed by atoms with E-state index in [0.717, 1.165) is 16.9 Å². The van der Waals surface area contributed by atoms with Crippen LogP contribution in [0.1, 0.15) is 18.1 Å². The van der Waals surface area contributed by atoms with Gasteiger partial charge in [0.25, 0.3) is 5.91 Å². The van der Waals surface area contributed by atoms with Crippen LogP contribution in [-0.2, 0) is 11.3 Å². The molecule has 0 N–H and O–H groups in total. The molecule has 0 aliphatic rings. The van der Waals surface area contributed by atoms with Crippen molar-refractivity contribution in [3.63, 3.8) is 0 Å². The van der Waals surface area contributed by atoms with Gasteiger partial charge in [0, 0.05) is 18.6 Å². The van der Waals surface area contributed by atoms with Crippen molar-refractivity contribution < 1.29 is 9.53 Å². The van der Waals surface area contributed by atoms with Crippen LogP contribution in [0.5, 0.6) is 5.75 Å². The van der Waals surface area contributed by atoms with Crippen molar-refractivity contribution in [3.8, 4) is 5.75 Å². The van der Waals surface area contributed by atoms with Gasteiger partial charge >= 0.3 is 0 Å². The zero-order chi connectivity index (χ0) is 16.1. The second-order valence-corrected chi connectivity index (χ2v) is 5.78. The van der Waals surface area contributed by atoms with E-state index >= 15 is 0 Å². The zero-order valence-electron chi connectivity index (χ0n) is 13.0. The van der Waals surface area contributed by atoms with Crippen LogP contribution in [0.25, 0.3) is 0 Å². The Morgan fingerprint density at radius 3 is 2.45 bits per heavy atom. The van der Waals surface area contributed by atoms with Crippen molar-refractivity contribution in [1.29, 1.82) is 0 Å². The number of rotatable bonds is 5. The Morgan fingerprint density at radius 1 is 1.18 bits per heavy atom. The lowest BCUT2D eigenvalue weighted by atomic mass is 10.2. The van der Waals surface area contributed by atoms with Crippen LogP contribution in [0.2, 0.25) is 5.02 Å². The Hall–Kier alpha value is -2.00. The van der Waals surface area contributed by atoms with Gasteiger partial charge in [0.15, 0.2) is 6.10 Å². The second-order valence-electron chi connectivity index (χ2n) is 5.35. The van der Waals surface area contributed by atoms with Gasteiger partial charge in [-0.15, -0.1) is 0 Å². The highest BCUT2D eigenvalue weighted by Crippen LogP contribution is 2.18. The normalized spacial score (nSPS) is 11.8. The van der Waals surface area contributed by atoms with Crippen molar-refractivity contribution in [2.75, 3.05) is 7.05 Å². The SMILES string of the molecule is Cc1ccccc1O[C@@H](C)C(=O)N(C)Cc1ccc(Cl)cc1. The fourth-order valence-electron chi connectivity index (χ4n) is 2.18. The number of amides is 1. The van der Waals surface area contributed by atoms with Crippen LogP contribution >= 0.6 is 11.6 Å². The molecular weight excluding hydrogens is 298 g/mol. The Morgan fingerprint density at radius 2 is 1.82 bits per heavy atom. The quantitative estimate of drug-likeness (QED) is 0.831. The molecule has 0 saturated heterocycles. The molecule has 0 fully saturated rings. The highest BCUT2D eigenvalue weighted by molar-refractivity contribution is 6.30. The number of para-hydroxylation sites is 1. The van der Waals surface area contributed by atoms with Crippen LogP contribution in [0, 0.1) is 6.92 Å². The smallest absolute Gasteiger partial charge is 0.263 e. The first-order valence-corrected chi connectivity index (χ1v) is 7.57. The molecule has 2 aromatic carbocycles. The third-order valence-corrected chi connectivity index (χ3v) is 3.71. The number of aryl methyl sites for hydroxylation is 1. The van der Waals surface area contributed by atoms with E-state index in [-0.39, 0.29) is 5.91 Å². The molecule has 22 heavy (non-hydrogen) atoms. The molecule has 0 bridgehead atoms. The molecule has 0 aliphatic heterocycles. The Balaban J connectivity index is 1.97. The summed E-state index contributed by atoms with van der Waals surface area (Å²) in [5.74, 6) is 0.682. The maximum atomic E-state index is 12.4. The highest BCUT2D eigenvalue weighted by Gasteiger charge is 2.19. The molecule has 1 amide bonds. The van der Waals surface area contributed by atoms with Gasteiger partial charge in [-0.3, -0.25) is 4.79 Å². The summed E-state index contributed by atoms with van der Waals surface area (Å²) >= 11 is 5.87. The van der Waals surface area contributed by atoms with Gasteiger partial charge in [-0.05, 0) is 43.2 Å². The minimum atomic E-state index is -0.529. The minimum Gasteiger partial charge on any atom is -0.481 e. The lowest BCUT2D eigenvalue weighted by molar-refractivity contribution is -0.137. The van der Waals surface area contributed by atoms with E-state index in [1.165, 1.54) is 0 Å². The van der Waals surface area contributed by atoms with Gasteiger partial charge in [0.1, 0.15) is 5.75 Å². The molecule has 0 aliphatic carbocycles. The first-order valence-electron chi connectivity index (χ1n) is 7.19. The number of nitrogens with zero attached hydrogens (tertiary/aromatic N) is 1. The lowest BCUT2D eigenvalue weighted by Gasteiger charge is -2.23. The summed E-state index contributed by atoms with van der Waals surface area (Å²) < 4.78 is 5.77. The molecule has 1 atom stereocenters. The summed E-state index contributed by atoms with van der Waals surface area (Å²) in [6.07, 6.45) is -0.529. The standard InChI is InChI=1S/C18H20ClNO2/c1-13-6-4-5-7-17(13)22-14(2)18(21)20(3)12-15-8-10-16(19)11-9-15/h4-11,14H,12H2,1-3H3/t14-/m0/s1. The third kappa shape index (κ3) is 4.25. The fourth-order valence-corrected chi connectivity index (χ4v) is 2.31. The second kappa shape index (κ2) is 7.32. The molecule has 0 radical (unpaired) electrons. The Kier molecular flexibility index (Phi) is 5.45. The molecule has 0 spiro atoms. The summed E-state index contributed by atoms with van der Waals surface area (Å²) in [4.78, 5) is 14.1. The third-order valence-electron chi connectivity index (χ3n) is 3.45. The first-order chi connectivity index (χ1) is 10.5. The van der Waals surface area contributed by atoms with Gasteiger partial charge < -0.3 is 9.64 Å². The first kappa shape index (κ1) is 16.4. The summed E-state index contributed by atoms with van der Waals surface area (Å²) in [5, 5.41) is 0.689. The van der Waals surface area contributed by atoms with Crippen LogP contribution in [0.15, 0.2) is 48.5 Å². The van der Waals surface area contributed by atoms with Crippen LogP contribution in [-0.4, -0.2) is 24.0 Å². The van der Waals surface area contributed by atoms with E-state index in [4.69, 9.17) is 16.3 Å². The number of hydrogen-bond acceptors (Lipinski definition) is 2. The van der Waals surface area contributed by atoms with Gasteiger partial charge in [0.05, 0.1) is 0 Å². The van der Waals surface area contributed by atoms with Crippen molar-refractivity contribution in [1.82, 2.24) is 4.90 Å². The zero-order valence-corrected chi connectivity index (χ0v) is 13.8. The summed E-state index contributed by atoms with van der Waals surface area (Å²) in [7, 11) is 1.77. The maximum Gasteiger partial charge on any atom is 0.263 e. The van der Waals surface area contributed by atoms with Gasteiger partial charge in [-0.1, -0.05) is 41.9 Å². The molecule has 0 unspecified atom stereocenters. The average Bonchev–Trinajstić information content (AvgIpc) is 2.51. The number of ether oxygens (including phenoxy) is 1. The minimum absolute atomic E-state index is 0.0572. The lowest BCUT2D eigenvalue weighted by Crippen LogP contribution is -2.37. The topological polar surface area (TPSA) is 29.5 Å². The number of likely N-dealkylation sites (N-methyl/N-ethyl adjacent to an activating group) is 1. The number of carbonyl (C=O) groups excluding carboxylic acids is 1. The summed E-state index contributed by atoms with van der Waals surface area (Å²) in [5.41, 5.74) is 2.05. The van der Waals surface area contributed by atoms with Crippen LogP contribution < -0.4 is 4.74 Å². The summed E-state index contributed by atoms with van der Waals surface area (Å²) in [6.45, 7) is 4.26. The molecule has 3 nitrogen and oxygen atoms in total. The van der Waals surface area contributed by atoms with Crippen LogP contribution in [0.4, 0.5) is 0 Å². The molecule has 2 rings (SSSR count). The van der Waals surface area contributed by atoms with E-state index in [9.17, 15) is 4.79 Å². The molecule has 2 aromatic rings. The largest absolute Gasteiger partial charge is 0.481 e. The number of carbonyl (C=O) groups is 1. The fraction of sp³-hybridized carbons (Fsp3) is 0.278. The van der Waals surface area contributed by atoms with E-state index in [0.29, 0.717) is 11.6 Å². The highest BCUT2D eigenvalue weighted by atomic mass is 35.5. The van der Waals surface area contributed by atoms with E-state index in [1.807, 2.05) is 55.5 Å². The Bertz CT molecular complexity index is 640. The van der Waals surface area contributed by atoms with Gasteiger partial charge in [-0.2, -0.15) is 0 Å². The Labute approximate surface area is 136 Å². The number of halogens is 1. The van der Waals surface area contributed by atoms with Crippen LogP contribution in [0.3, 0.4) is 0 Å². The predicted molar refractivity (Wildman–Crippen MR) is 89.2 cm³/mol. The molecule has 116 valence electrons. The van der Waals surface area contributed by atoms with Crippen molar-refractivity contribution in [2.24, 2.45) is 0 Å². The predicted octanol–water partition coefficient (Wildman–Crippen LogP) is 4.07. The summed E-state index contributed by atoms with van der Waals surface area (Å²) in [6, 6.07) is 15.2. The van der Waals surface area contributed by atoms with Gasteiger partial charge in [0.2, 0.25) is 0 Å². The molecule has 0 heterocycles. The monoisotopic (exact) mass is 317 g/mol. The van der Waals surface area contributed by atoms with Gasteiger partial charge in [-0.25, -0.2) is 0 Å².